The van der Waals surface area contributed by atoms with E-state index in [2.05, 4.69) is 10.3 Å². The molecule has 0 saturated heterocycles. The van der Waals surface area contributed by atoms with Gasteiger partial charge in [0.25, 0.3) is 5.56 Å². The Hall–Kier alpha value is -1.79. The Labute approximate surface area is 136 Å². The monoisotopic (exact) mass is 335 g/mol. The number of amides is 1. The molecule has 0 radical (unpaired) electrons. The fourth-order valence-corrected chi connectivity index (χ4v) is 3.69. The van der Waals surface area contributed by atoms with Crippen LogP contribution in [0.25, 0.3) is 0 Å². The van der Waals surface area contributed by atoms with Crippen LogP contribution in [0.2, 0.25) is 5.02 Å². The van der Waals surface area contributed by atoms with Gasteiger partial charge in [0.1, 0.15) is 0 Å². The van der Waals surface area contributed by atoms with Crippen LogP contribution in [0.5, 0.6) is 0 Å². The molecule has 1 N–H and O–H groups in total. The first-order chi connectivity index (χ1) is 10.6. The Morgan fingerprint density at radius 2 is 2.23 bits per heavy atom. The molecule has 1 amide bonds. The van der Waals surface area contributed by atoms with Crippen LogP contribution < -0.4 is 10.9 Å². The third-order valence-electron chi connectivity index (χ3n) is 3.47. The molecular formula is C15H14ClN3O2S. The van der Waals surface area contributed by atoms with Crippen molar-refractivity contribution in [1.29, 1.82) is 0 Å². The third-order valence-corrected chi connectivity index (χ3v) is 4.95. The standard InChI is InChI=1S/C15H14ClN3O2S/c16-12-4-2-1-3-10(12)8-18-13(20)7-11-9-22-15-17-6-5-14(21)19(11)15/h1-6,11H,7-9H2,(H,18,20)/t11-/m0/s1. The molecule has 1 aromatic carbocycles. The number of rotatable bonds is 4. The smallest absolute Gasteiger partial charge is 0.254 e. The zero-order valence-electron chi connectivity index (χ0n) is 11.7. The molecule has 3 rings (SSSR count). The summed E-state index contributed by atoms with van der Waals surface area (Å²) in [6.45, 7) is 0.382. The minimum absolute atomic E-state index is 0.103. The Morgan fingerprint density at radius 1 is 1.41 bits per heavy atom. The number of benzene rings is 1. The number of aromatic nitrogens is 2. The van der Waals surface area contributed by atoms with E-state index in [-0.39, 0.29) is 23.9 Å². The van der Waals surface area contributed by atoms with E-state index >= 15 is 0 Å². The van der Waals surface area contributed by atoms with Crippen molar-refractivity contribution >= 4 is 29.3 Å². The SMILES string of the molecule is O=C(C[C@H]1CSc2nccc(=O)n21)NCc1ccccc1Cl. The summed E-state index contributed by atoms with van der Waals surface area (Å²) in [4.78, 5) is 28.2. The van der Waals surface area contributed by atoms with Crippen molar-refractivity contribution in [3.8, 4) is 0 Å². The fourth-order valence-electron chi connectivity index (χ4n) is 2.36. The van der Waals surface area contributed by atoms with Gasteiger partial charge in [0.2, 0.25) is 5.91 Å². The maximum atomic E-state index is 12.1. The molecule has 0 unspecified atom stereocenters. The van der Waals surface area contributed by atoms with Crippen molar-refractivity contribution in [2.75, 3.05) is 5.75 Å². The molecule has 1 aromatic heterocycles. The van der Waals surface area contributed by atoms with Gasteiger partial charge in [0, 0.05) is 36.0 Å². The quantitative estimate of drug-likeness (QED) is 0.870. The van der Waals surface area contributed by atoms with Crippen molar-refractivity contribution in [1.82, 2.24) is 14.9 Å². The Balaban J connectivity index is 1.62. The number of fused-ring (bicyclic) bond motifs is 1. The van der Waals surface area contributed by atoms with E-state index in [0.29, 0.717) is 22.5 Å². The van der Waals surface area contributed by atoms with Crippen LogP contribution in [0, 0.1) is 0 Å². The number of carbonyl (C=O) groups excluding carboxylic acids is 1. The summed E-state index contributed by atoms with van der Waals surface area (Å²) in [7, 11) is 0. The van der Waals surface area contributed by atoms with E-state index in [1.54, 1.807) is 10.6 Å². The summed E-state index contributed by atoms with van der Waals surface area (Å²) in [5.74, 6) is 0.584. The highest BCUT2D eigenvalue weighted by atomic mass is 35.5. The van der Waals surface area contributed by atoms with E-state index in [9.17, 15) is 9.59 Å². The van der Waals surface area contributed by atoms with Crippen molar-refractivity contribution in [3.63, 3.8) is 0 Å². The Morgan fingerprint density at radius 3 is 3.05 bits per heavy atom. The maximum Gasteiger partial charge on any atom is 0.254 e. The van der Waals surface area contributed by atoms with Crippen LogP contribution >= 0.6 is 23.4 Å². The van der Waals surface area contributed by atoms with E-state index in [4.69, 9.17) is 11.6 Å². The zero-order chi connectivity index (χ0) is 15.5. The number of halogens is 1. The lowest BCUT2D eigenvalue weighted by atomic mass is 10.2. The average Bonchev–Trinajstić information content (AvgIpc) is 2.91. The molecule has 1 atom stereocenters. The highest BCUT2D eigenvalue weighted by Gasteiger charge is 2.26. The van der Waals surface area contributed by atoms with Crippen LogP contribution in [-0.2, 0) is 11.3 Å². The van der Waals surface area contributed by atoms with Crippen LogP contribution in [0.4, 0.5) is 0 Å². The molecule has 1 aliphatic heterocycles. The first kappa shape index (κ1) is 15.1. The minimum atomic E-state index is -0.146. The lowest BCUT2D eigenvalue weighted by molar-refractivity contribution is -0.121. The highest BCUT2D eigenvalue weighted by molar-refractivity contribution is 7.99. The number of carbonyl (C=O) groups is 1. The summed E-state index contributed by atoms with van der Waals surface area (Å²) in [6, 6.07) is 8.66. The molecule has 1 aliphatic rings. The van der Waals surface area contributed by atoms with Crippen molar-refractivity contribution in [3.05, 3.63) is 57.5 Å². The predicted octanol–water partition coefficient (Wildman–Crippen LogP) is 2.25. The summed E-state index contributed by atoms with van der Waals surface area (Å²) in [5.41, 5.74) is 0.761. The van der Waals surface area contributed by atoms with Crippen LogP contribution in [0.15, 0.2) is 46.5 Å². The van der Waals surface area contributed by atoms with Crippen LogP contribution in [0.3, 0.4) is 0 Å². The second-order valence-corrected chi connectivity index (χ2v) is 6.37. The van der Waals surface area contributed by atoms with Gasteiger partial charge in [-0.2, -0.15) is 0 Å². The van der Waals surface area contributed by atoms with Crippen molar-refractivity contribution < 1.29 is 4.79 Å². The van der Waals surface area contributed by atoms with Gasteiger partial charge in [-0.05, 0) is 11.6 Å². The highest BCUT2D eigenvalue weighted by Crippen LogP contribution is 2.31. The number of hydrogen-bond donors (Lipinski definition) is 1. The molecule has 0 bridgehead atoms. The molecule has 0 aliphatic carbocycles. The van der Waals surface area contributed by atoms with Gasteiger partial charge < -0.3 is 5.32 Å². The molecule has 7 heteroatoms. The lowest BCUT2D eigenvalue weighted by Gasteiger charge is -2.13. The van der Waals surface area contributed by atoms with Crippen LogP contribution in [0.1, 0.15) is 18.0 Å². The molecule has 5 nitrogen and oxygen atoms in total. The largest absolute Gasteiger partial charge is 0.352 e. The maximum absolute atomic E-state index is 12.1. The lowest BCUT2D eigenvalue weighted by Crippen LogP contribution is -2.30. The number of nitrogens with zero attached hydrogens (tertiary/aromatic N) is 2. The summed E-state index contributed by atoms with van der Waals surface area (Å²) in [5, 5.41) is 4.16. The minimum Gasteiger partial charge on any atom is -0.352 e. The molecule has 0 fully saturated rings. The molecule has 2 heterocycles. The topological polar surface area (TPSA) is 64.0 Å². The normalized spacial score (nSPS) is 16.3. The molecule has 0 saturated carbocycles. The van der Waals surface area contributed by atoms with Gasteiger partial charge >= 0.3 is 0 Å². The fraction of sp³-hybridized carbons (Fsp3) is 0.267. The van der Waals surface area contributed by atoms with E-state index < -0.39 is 0 Å². The summed E-state index contributed by atoms with van der Waals surface area (Å²) < 4.78 is 1.60. The molecular weight excluding hydrogens is 322 g/mol. The van der Waals surface area contributed by atoms with E-state index in [1.807, 2.05) is 18.2 Å². The van der Waals surface area contributed by atoms with Gasteiger partial charge in [0.05, 0.1) is 6.04 Å². The Kier molecular flexibility index (Phi) is 4.49. The van der Waals surface area contributed by atoms with Gasteiger partial charge in [-0.3, -0.25) is 14.2 Å². The number of thioether (sulfide) groups is 1. The van der Waals surface area contributed by atoms with E-state index in [0.717, 1.165) is 5.56 Å². The third kappa shape index (κ3) is 3.18. The summed E-state index contributed by atoms with van der Waals surface area (Å²) in [6.07, 6.45) is 1.76. The predicted molar refractivity (Wildman–Crippen MR) is 86.2 cm³/mol. The number of hydrogen-bond acceptors (Lipinski definition) is 4. The first-order valence-electron chi connectivity index (χ1n) is 6.85. The first-order valence-corrected chi connectivity index (χ1v) is 8.22. The molecule has 0 spiro atoms. The molecule has 114 valence electrons. The van der Waals surface area contributed by atoms with Crippen LogP contribution in [-0.4, -0.2) is 21.2 Å². The second kappa shape index (κ2) is 6.54. The summed E-state index contributed by atoms with van der Waals surface area (Å²) >= 11 is 7.56. The zero-order valence-corrected chi connectivity index (χ0v) is 13.2. The van der Waals surface area contributed by atoms with Crippen molar-refractivity contribution in [2.45, 2.75) is 24.2 Å². The van der Waals surface area contributed by atoms with Crippen molar-refractivity contribution in [2.24, 2.45) is 0 Å². The van der Waals surface area contributed by atoms with Gasteiger partial charge in [-0.25, -0.2) is 4.98 Å². The average molecular weight is 336 g/mol. The van der Waals surface area contributed by atoms with Gasteiger partial charge in [-0.1, -0.05) is 41.6 Å². The molecule has 22 heavy (non-hydrogen) atoms. The van der Waals surface area contributed by atoms with E-state index in [1.165, 1.54) is 24.0 Å². The molecule has 2 aromatic rings. The second-order valence-electron chi connectivity index (χ2n) is 4.97. The van der Waals surface area contributed by atoms with Gasteiger partial charge in [0.15, 0.2) is 5.16 Å². The van der Waals surface area contributed by atoms with Gasteiger partial charge in [-0.15, -0.1) is 0 Å². The Bertz CT molecular complexity index is 762. The number of nitrogens with one attached hydrogen (secondary N) is 1.